The van der Waals surface area contributed by atoms with Gasteiger partial charge in [0.2, 0.25) is 0 Å². The van der Waals surface area contributed by atoms with E-state index in [0.29, 0.717) is 0 Å². The lowest BCUT2D eigenvalue weighted by Crippen LogP contribution is -2.69. The van der Waals surface area contributed by atoms with Crippen molar-refractivity contribution in [2.24, 2.45) is 11.8 Å². The number of aliphatic hydroxyl groups is 2. The number of hydrogen-bond donors (Lipinski definition) is 2. The maximum atomic E-state index is 11.7. The van der Waals surface area contributed by atoms with E-state index >= 15 is 0 Å². The molecule has 2 N–H and O–H groups in total. The Balaban J connectivity index is 3.32. The first-order valence-corrected chi connectivity index (χ1v) is 18.5. The van der Waals surface area contributed by atoms with Gasteiger partial charge >= 0.3 is 0 Å². The highest BCUT2D eigenvalue weighted by atomic mass is 32.2. The Morgan fingerprint density at radius 2 is 1.15 bits per heavy atom. The van der Waals surface area contributed by atoms with Gasteiger partial charge in [-0.1, -0.05) is 67.7 Å². The van der Waals surface area contributed by atoms with E-state index < -0.39 is 16.1 Å². The summed E-state index contributed by atoms with van der Waals surface area (Å²) in [6, 6.07) is 0. The Morgan fingerprint density at radius 3 is 1.46 bits per heavy atom. The van der Waals surface area contributed by atoms with Crippen LogP contribution in [-0.4, -0.2) is 54.4 Å². The zero-order valence-corrected chi connectivity index (χ0v) is 22.9. The average Bonchev–Trinajstić information content (AvgIpc) is 2.44. The van der Waals surface area contributed by atoms with Crippen molar-refractivity contribution in [3.05, 3.63) is 0 Å². The Morgan fingerprint density at radius 1 is 0.808 bits per heavy atom. The summed E-state index contributed by atoms with van der Waals surface area (Å²) in [6.45, 7) is 23.0. The molecule has 0 aliphatic heterocycles. The third-order valence-corrected chi connectivity index (χ3v) is 23.0. The van der Waals surface area contributed by atoms with Gasteiger partial charge in [-0.2, -0.15) is 0 Å². The molecule has 0 saturated heterocycles. The molecule has 1 aliphatic rings. The van der Waals surface area contributed by atoms with E-state index in [1.807, 2.05) is 23.5 Å². The number of aliphatic hydroxyl groups excluding tert-OH is 2. The summed E-state index contributed by atoms with van der Waals surface area (Å²) in [6.07, 6.45) is 5.37. The molecule has 0 spiro atoms. The smallest absolute Gasteiger partial charge is 0.0869 e. The fourth-order valence-electron chi connectivity index (χ4n) is 3.93. The lowest BCUT2D eigenvalue weighted by atomic mass is 9.72. The van der Waals surface area contributed by atoms with Crippen LogP contribution in [-0.2, 0) is 0 Å². The molecule has 1 saturated carbocycles. The Labute approximate surface area is 173 Å². The molecule has 4 unspecified atom stereocenters. The van der Waals surface area contributed by atoms with E-state index in [9.17, 15) is 10.2 Å². The summed E-state index contributed by atoms with van der Waals surface area (Å²) >= 11 is 3.78. The van der Waals surface area contributed by atoms with E-state index in [-0.39, 0.29) is 37.4 Å². The first-order valence-electron chi connectivity index (χ1n) is 9.87. The van der Waals surface area contributed by atoms with Crippen LogP contribution < -0.4 is 0 Å². The second-order valence-corrected chi connectivity index (χ2v) is 25.0. The van der Waals surface area contributed by atoms with Crippen LogP contribution in [0.3, 0.4) is 0 Å². The monoisotopic (exact) mass is 436 g/mol. The summed E-state index contributed by atoms with van der Waals surface area (Å²) in [4.78, 5) is 0. The molecule has 1 fully saturated rings. The fraction of sp³-hybridized carbons (Fsp3) is 1.00. The number of thioether (sulfide) groups is 2. The summed E-state index contributed by atoms with van der Waals surface area (Å²) in [7, 11) is -3.80. The zero-order valence-electron chi connectivity index (χ0n) is 19.2. The van der Waals surface area contributed by atoms with Crippen molar-refractivity contribution in [1.29, 1.82) is 0 Å². The first-order chi connectivity index (χ1) is 11.4. The second-order valence-electron chi connectivity index (χ2n) is 11.4. The maximum Gasteiger partial charge on any atom is 0.0869 e. The SMILES string of the molecule is CSC1(SC)CC(C(O)[Si](C)(C)C(C)(C)C)C1C(O)[Si](C)(C)C(C)(C)C. The van der Waals surface area contributed by atoms with Gasteiger partial charge in [0.25, 0.3) is 0 Å². The standard InChI is InChI=1S/C20H44O2S2Si2/c1-18(2,3)25(9,10)16(21)14-13-20(23-7,24-8)15(14)17(22)26(11,12)19(4,5)6/h14-17,21-22H,13H2,1-12H3. The third kappa shape index (κ3) is 4.02. The molecule has 1 rings (SSSR count). The molecule has 4 atom stereocenters. The van der Waals surface area contributed by atoms with Crippen molar-refractivity contribution in [2.45, 2.75) is 99.8 Å². The summed E-state index contributed by atoms with van der Waals surface area (Å²) in [5, 5.41) is 23.4. The van der Waals surface area contributed by atoms with Crippen molar-refractivity contribution >= 4 is 39.7 Å². The maximum absolute atomic E-state index is 11.7. The van der Waals surface area contributed by atoms with Gasteiger partial charge in [0.1, 0.15) is 0 Å². The topological polar surface area (TPSA) is 40.5 Å². The number of hydrogen-bond acceptors (Lipinski definition) is 4. The minimum atomic E-state index is -1.92. The zero-order chi connectivity index (χ0) is 20.9. The van der Waals surface area contributed by atoms with Gasteiger partial charge in [-0.25, -0.2) is 0 Å². The molecule has 0 heterocycles. The van der Waals surface area contributed by atoms with Crippen LogP contribution in [0.5, 0.6) is 0 Å². The van der Waals surface area contributed by atoms with Gasteiger partial charge in [-0.15, -0.1) is 23.5 Å². The molecule has 0 bridgehead atoms. The van der Waals surface area contributed by atoms with Crippen LogP contribution in [0, 0.1) is 11.8 Å². The molecular weight excluding hydrogens is 393 g/mol. The van der Waals surface area contributed by atoms with Crippen molar-refractivity contribution in [2.75, 3.05) is 12.5 Å². The van der Waals surface area contributed by atoms with Gasteiger partial charge in [0.15, 0.2) is 0 Å². The quantitative estimate of drug-likeness (QED) is 0.404. The van der Waals surface area contributed by atoms with Gasteiger partial charge in [0, 0.05) is 11.6 Å². The number of rotatable bonds is 6. The van der Waals surface area contributed by atoms with Crippen LogP contribution in [0.25, 0.3) is 0 Å². The van der Waals surface area contributed by atoms with Gasteiger partial charge in [-0.05, 0) is 34.9 Å². The predicted molar refractivity (Wildman–Crippen MR) is 128 cm³/mol. The third-order valence-electron chi connectivity index (χ3n) is 8.27. The highest BCUT2D eigenvalue weighted by Gasteiger charge is 2.64. The van der Waals surface area contributed by atoms with E-state index in [1.54, 1.807) is 0 Å². The highest BCUT2D eigenvalue weighted by Crippen LogP contribution is 2.63. The summed E-state index contributed by atoms with van der Waals surface area (Å²) in [5.41, 5.74) is -0.556. The normalized spacial score (nSPS) is 27.0. The molecule has 0 radical (unpaired) electrons. The summed E-state index contributed by atoms with van der Waals surface area (Å²) < 4.78 is 0.0446. The molecular formula is C20H44O2S2Si2. The van der Waals surface area contributed by atoms with Crippen molar-refractivity contribution in [3.63, 3.8) is 0 Å². The van der Waals surface area contributed by atoms with Gasteiger partial charge in [-0.3, -0.25) is 0 Å². The fourth-order valence-corrected chi connectivity index (χ4v) is 11.3. The molecule has 0 amide bonds. The van der Waals surface area contributed by atoms with Crippen molar-refractivity contribution in [1.82, 2.24) is 0 Å². The molecule has 156 valence electrons. The molecule has 0 aromatic carbocycles. The molecule has 0 aromatic rings. The Bertz CT molecular complexity index is 491. The molecule has 26 heavy (non-hydrogen) atoms. The minimum absolute atomic E-state index is 0.0446. The average molecular weight is 437 g/mol. The van der Waals surface area contributed by atoms with Crippen LogP contribution >= 0.6 is 23.5 Å². The van der Waals surface area contributed by atoms with Crippen LogP contribution in [0.2, 0.25) is 36.3 Å². The first kappa shape index (κ1) is 25.1. The lowest BCUT2D eigenvalue weighted by Gasteiger charge is -2.62. The summed E-state index contributed by atoms with van der Waals surface area (Å²) in [5.74, 6) is 0.400. The van der Waals surface area contributed by atoms with E-state index in [4.69, 9.17) is 0 Å². The second kappa shape index (κ2) is 7.71. The molecule has 1 aliphatic carbocycles. The predicted octanol–water partition coefficient (Wildman–Crippen LogP) is 5.86. The van der Waals surface area contributed by atoms with Crippen molar-refractivity contribution < 1.29 is 10.2 Å². The Hall–Kier alpha value is 1.05. The van der Waals surface area contributed by atoms with Gasteiger partial charge in [0.05, 0.1) is 26.0 Å². The minimum Gasteiger partial charge on any atom is -0.396 e. The van der Waals surface area contributed by atoms with Crippen LogP contribution in [0.1, 0.15) is 48.0 Å². The largest absolute Gasteiger partial charge is 0.396 e. The lowest BCUT2D eigenvalue weighted by molar-refractivity contribution is -0.00573. The van der Waals surface area contributed by atoms with Crippen molar-refractivity contribution in [3.8, 4) is 0 Å². The van der Waals surface area contributed by atoms with E-state index in [2.05, 4.69) is 80.2 Å². The van der Waals surface area contributed by atoms with E-state index in [1.165, 1.54) is 0 Å². The van der Waals surface area contributed by atoms with Crippen LogP contribution in [0.4, 0.5) is 0 Å². The molecule has 2 nitrogen and oxygen atoms in total. The van der Waals surface area contributed by atoms with Crippen LogP contribution in [0.15, 0.2) is 0 Å². The Kier molecular flexibility index (Phi) is 7.44. The molecule has 0 aromatic heterocycles. The van der Waals surface area contributed by atoms with E-state index in [0.717, 1.165) is 6.42 Å². The highest BCUT2D eigenvalue weighted by molar-refractivity contribution is 8.17. The molecule has 6 heteroatoms. The van der Waals surface area contributed by atoms with Gasteiger partial charge < -0.3 is 10.2 Å².